The molecule has 1 unspecified atom stereocenters. The molecule has 0 bridgehead atoms. The van der Waals surface area contributed by atoms with Crippen LogP contribution in [0.3, 0.4) is 0 Å². The Hall–Kier alpha value is -3.71. The fraction of sp³-hybridized carbons (Fsp3) is 0.0909. The third-order valence-corrected chi connectivity index (χ3v) is 5.34. The van der Waals surface area contributed by atoms with Crippen LogP contribution in [0.15, 0.2) is 78.0 Å². The quantitative estimate of drug-likeness (QED) is 0.473. The van der Waals surface area contributed by atoms with Crippen LogP contribution in [-0.4, -0.2) is 24.1 Å². The van der Waals surface area contributed by atoms with Crippen molar-refractivity contribution < 1.29 is 0 Å². The summed E-state index contributed by atoms with van der Waals surface area (Å²) in [6.45, 7) is 1.97. The zero-order chi connectivity index (χ0) is 20.7. The molecule has 3 heterocycles. The molecule has 0 fully saturated rings. The number of aromatic nitrogens is 5. The average Bonchev–Trinajstić information content (AvgIpc) is 3.24. The maximum Gasteiger partial charge on any atom is 0.264 e. The normalized spacial score (nSPS) is 12.3. The largest absolute Gasteiger partial charge is 0.346 e. The van der Waals surface area contributed by atoms with Crippen LogP contribution < -0.4 is 10.9 Å². The van der Waals surface area contributed by atoms with E-state index < -0.39 is 0 Å². The number of nitrogens with one attached hydrogen (secondary N) is 1. The number of hydrogen-bond donors (Lipinski definition) is 1. The number of fused-ring (bicyclic) bond motifs is 2. The van der Waals surface area contributed by atoms with Gasteiger partial charge in [-0.1, -0.05) is 41.9 Å². The van der Waals surface area contributed by atoms with Crippen LogP contribution >= 0.6 is 11.6 Å². The van der Waals surface area contributed by atoms with Crippen LogP contribution in [0.1, 0.15) is 18.7 Å². The zero-order valence-electron chi connectivity index (χ0n) is 16.0. The highest BCUT2D eigenvalue weighted by atomic mass is 35.5. The van der Waals surface area contributed by atoms with Gasteiger partial charge in [-0.15, -0.1) is 0 Å². The topological polar surface area (TPSA) is 77.1 Å². The summed E-state index contributed by atoms with van der Waals surface area (Å²) in [4.78, 5) is 22.0. The number of anilines is 1. The maximum atomic E-state index is 13.5. The molecule has 1 atom stereocenters. The van der Waals surface area contributed by atoms with Crippen LogP contribution in [0.4, 0.5) is 5.95 Å². The number of nitrogens with zero attached hydrogens (tertiary/aromatic N) is 5. The van der Waals surface area contributed by atoms with Gasteiger partial charge >= 0.3 is 0 Å². The van der Waals surface area contributed by atoms with E-state index >= 15 is 0 Å². The Bertz CT molecular complexity index is 1430. The first kappa shape index (κ1) is 18.3. The van der Waals surface area contributed by atoms with E-state index in [1.165, 1.54) is 6.33 Å². The standard InChI is InChI=1S/C22H17ClN6O/c1-14(27-22-25-13-24-19-10-11-26-29(19)22)18-12-15-6-5-9-17(23)20(15)21(30)28(18)16-7-3-2-4-8-16/h2-14H,1H3,(H,24,25,27). The first-order valence-electron chi connectivity index (χ1n) is 9.44. The highest BCUT2D eigenvalue weighted by Crippen LogP contribution is 2.26. The van der Waals surface area contributed by atoms with Gasteiger partial charge in [-0.25, -0.2) is 9.97 Å². The second-order valence-corrected chi connectivity index (χ2v) is 7.32. The van der Waals surface area contributed by atoms with Crippen LogP contribution in [-0.2, 0) is 0 Å². The Kier molecular flexibility index (Phi) is 4.44. The molecule has 0 spiro atoms. The van der Waals surface area contributed by atoms with Crippen molar-refractivity contribution >= 4 is 34.0 Å². The zero-order valence-corrected chi connectivity index (χ0v) is 16.8. The molecule has 7 nitrogen and oxygen atoms in total. The summed E-state index contributed by atoms with van der Waals surface area (Å²) < 4.78 is 3.31. The van der Waals surface area contributed by atoms with Gasteiger partial charge in [0.15, 0.2) is 5.65 Å². The highest BCUT2D eigenvalue weighted by Gasteiger charge is 2.19. The van der Waals surface area contributed by atoms with E-state index in [1.807, 2.05) is 55.5 Å². The van der Waals surface area contributed by atoms with Crippen LogP contribution in [0, 0.1) is 0 Å². The minimum Gasteiger partial charge on any atom is -0.346 e. The van der Waals surface area contributed by atoms with Gasteiger partial charge in [-0.3, -0.25) is 9.36 Å². The molecule has 5 rings (SSSR count). The van der Waals surface area contributed by atoms with E-state index in [4.69, 9.17) is 11.6 Å². The molecule has 148 valence electrons. The maximum absolute atomic E-state index is 13.5. The van der Waals surface area contributed by atoms with Crippen molar-refractivity contribution in [2.24, 2.45) is 0 Å². The lowest BCUT2D eigenvalue weighted by Gasteiger charge is -2.21. The lowest BCUT2D eigenvalue weighted by Crippen LogP contribution is -2.26. The van der Waals surface area contributed by atoms with Crippen molar-refractivity contribution in [3.8, 4) is 5.69 Å². The lowest BCUT2D eigenvalue weighted by molar-refractivity contribution is 0.752. The molecule has 2 aromatic carbocycles. The summed E-state index contributed by atoms with van der Waals surface area (Å²) in [5.41, 5.74) is 2.06. The van der Waals surface area contributed by atoms with E-state index in [-0.39, 0.29) is 11.6 Å². The Balaban J connectivity index is 1.71. The van der Waals surface area contributed by atoms with Crippen molar-refractivity contribution in [2.45, 2.75) is 13.0 Å². The molecule has 0 aliphatic carbocycles. The molecule has 0 saturated heterocycles. The minimum absolute atomic E-state index is 0.167. The summed E-state index contributed by atoms with van der Waals surface area (Å²) in [7, 11) is 0. The number of rotatable bonds is 4. The summed E-state index contributed by atoms with van der Waals surface area (Å²) in [6.07, 6.45) is 3.15. The van der Waals surface area contributed by atoms with Gasteiger partial charge in [0.2, 0.25) is 5.95 Å². The predicted molar refractivity (Wildman–Crippen MR) is 117 cm³/mol. The van der Waals surface area contributed by atoms with Crippen LogP contribution in [0.2, 0.25) is 5.02 Å². The molecule has 3 aromatic heterocycles. The molecule has 1 N–H and O–H groups in total. The fourth-order valence-electron chi connectivity index (χ4n) is 3.62. The first-order chi connectivity index (χ1) is 14.6. The van der Waals surface area contributed by atoms with Crippen molar-refractivity contribution in [3.05, 3.63) is 94.3 Å². The molecule has 30 heavy (non-hydrogen) atoms. The molecule has 0 amide bonds. The number of halogens is 1. The summed E-state index contributed by atoms with van der Waals surface area (Å²) in [5, 5.41) is 9.35. The average molecular weight is 417 g/mol. The Morgan fingerprint density at radius 3 is 2.70 bits per heavy atom. The number of para-hydroxylation sites is 1. The predicted octanol–water partition coefficient (Wildman–Crippen LogP) is 4.25. The third-order valence-electron chi connectivity index (χ3n) is 5.02. The molecule has 0 saturated carbocycles. The van der Waals surface area contributed by atoms with E-state index in [2.05, 4.69) is 20.4 Å². The molecule has 8 heteroatoms. The molecule has 0 aliphatic rings. The monoisotopic (exact) mass is 416 g/mol. The smallest absolute Gasteiger partial charge is 0.264 e. The summed E-state index contributed by atoms with van der Waals surface area (Å²) in [6, 6.07) is 18.5. The van der Waals surface area contributed by atoms with Gasteiger partial charge in [0.05, 0.1) is 22.6 Å². The van der Waals surface area contributed by atoms with Gasteiger partial charge < -0.3 is 5.32 Å². The molecule has 0 radical (unpaired) electrons. The second kappa shape index (κ2) is 7.27. The number of pyridine rings is 1. The Morgan fingerprint density at radius 2 is 1.87 bits per heavy atom. The Labute approximate surface area is 176 Å². The van der Waals surface area contributed by atoms with Crippen LogP contribution in [0.5, 0.6) is 0 Å². The van der Waals surface area contributed by atoms with E-state index in [9.17, 15) is 4.79 Å². The molecule has 0 aliphatic heterocycles. The van der Waals surface area contributed by atoms with Crippen molar-refractivity contribution in [3.63, 3.8) is 0 Å². The van der Waals surface area contributed by atoms with Crippen molar-refractivity contribution in [1.29, 1.82) is 0 Å². The van der Waals surface area contributed by atoms with Gasteiger partial charge in [-0.05, 0) is 36.6 Å². The second-order valence-electron chi connectivity index (χ2n) is 6.91. The van der Waals surface area contributed by atoms with Crippen LogP contribution in [0.25, 0.3) is 22.1 Å². The fourth-order valence-corrected chi connectivity index (χ4v) is 3.89. The van der Waals surface area contributed by atoms with E-state index in [1.54, 1.807) is 27.4 Å². The summed E-state index contributed by atoms with van der Waals surface area (Å²) in [5.74, 6) is 0.538. The SMILES string of the molecule is CC(Nc1ncnc2ccnn12)c1cc2cccc(Cl)c2c(=O)n1-c1ccccc1. The number of hydrogen-bond acceptors (Lipinski definition) is 5. The molecular weight excluding hydrogens is 400 g/mol. The van der Waals surface area contributed by atoms with Gasteiger partial charge in [0, 0.05) is 17.4 Å². The number of benzene rings is 2. The van der Waals surface area contributed by atoms with Gasteiger partial charge in [0.1, 0.15) is 6.33 Å². The highest BCUT2D eigenvalue weighted by molar-refractivity contribution is 6.35. The summed E-state index contributed by atoms with van der Waals surface area (Å²) >= 11 is 6.38. The lowest BCUT2D eigenvalue weighted by atomic mass is 10.1. The molecular formula is C22H17ClN6O. The Morgan fingerprint density at radius 1 is 1.03 bits per heavy atom. The minimum atomic E-state index is -0.261. The van der Waals surface area contributed by atoms with Gasteiger partial charge in [0.25, 0.3) is 5.56 Å². The molecule has 5 aromatic rings. The first-order valence-corrected chi connectivity index (χ1v) is 9.82. The third kappa shape index (κ3) is 3.00. The van der Waals surface area contributed by atoms with Crippen molar-refractivity contribution in [1.82, 2.24) is 24.1 Å². The van der Waals surface area contributed by atoms with Gasteiger partial charge in [-0.2, -0.15) is 9.61 Å². The van der Waals surface area contributed by atoms with E-state index in [0.717, 1.165) is 16.8 Å². The van der Waals surface area contributed by atoms with E-state index in [0.29, 0.717) is 22.0 Å². The van der Waals surface area contributed by atoms with Crippen molar-refractivity contribution in [2.75, 3.05) is 5.32 Å².